The van der Waals surface area contributed by atoms with E-state index in [2.05, 4.69) is 45.7 Å². The van der Waals surface area contributed by atoms with Gasteiger partial charge in [0, 0.05) is 12.6 Å². The third kappa shape index (κ3) is 4.28. The number of nitrogens with one attached hydrogen (secondary N) is 2. The molecule has 5 heteroatoms. The number of rotatable bonds is 5. The van der Waals surface area contributed by atoms with Crippen molar-refractivity contribution in [1.82, 2.24) is 15.3 Å². The van der Waals surface area contributed by atoms with Crippen LogP contribution < -0.4 is 10.6 Å². The highest BCUT2D eigenvalue weighted by atomic mass is 16.1. The van der Waals surface area contributed by atoms with E-state index >= 15 is 0 Å². The standard InChI is InChI=1S/C18H22N4O/c1-13-5-4-6-14(9-13)10-20-17-12-19-16(11-21-17)18(23)22-15-7-2-3-8-15/h4-6,9,11-12,15H,2-3,7-8,10H2,1H3,(H,20,21)(H,22,23). The number of carbonyl (C=O) groups excluding carboxylic acids is 1. The molecule has 2 N–H and O–H groups in total. The highest BCUT2D eigenvalue weighted by Crippen LogP contribution is 2.18. The van der Waals surface area contributed by atoms with Crippen molar-refractivity contribution >= 4 is 11.7 Å². The van der Waals surface area contributed by atoms with Crippen LogP contribution in [-0.2, 0) is 6.54 Å². The molecule has 1 aromatic carbocycles. The molecule has 2 aromatic rings. The van der Waals surface area contributed by atoms with Gasteiger partial charge in [-0.3, -0.25) is 4.79 Å². The van der Waals surface area contributed by atoms with Crippen LogP contribution >= 0.6 is 0 Å². The Morgan fingerprint density at radius 3 is 2.74 bits per heavy atom. The fraction of sp³-hybridized carbons (Fsp3) is 0.389. The number of amides is 1. The Kier molecular flexibility index (Phi) is 4.86. The van der Waals surface area contributed by atoms with Crippen molar-refractivity contribution in [3.05, 3.63) is 53.5 Å². The molecule has 0 atom stereocenters. The van der Waals surface area contributed by atoms with Crippen molar-refractivity contribution in [2.75, 3.05) is 5.32 Å². The maximum absolute atomic E-state index is 12.1. The van der Waals surface area contributed by atoms with Crippen molar-refractivity contribution < 1.29 is 4.79 Å². The van der Waals surface area contributed by atoms with Crippen molar-refractivity contribution in [2.45, 2.75) is 45.2 Å². The smallest absolute Gasteiger partial charge is 0.271 e. The Morgan fingerprint density at radius 1 is 1.22 bits per heavy atom. The normalized spacial score (nSPS) is 14.7. The third-order valence-corrected chi connectivity index (χ3v) is 4.13. The molecule has 5 nitrogen and oxygen atoms in total. The molecule has 1 fully saturated rings. The summed E-state index contributed by atoms with van der Waals surface area (Å²) in [6, 6.07) is 8.60. The van der Waals surface area contributed by atoms with Gasteiger partial charge in [0.2, 0.25) is 0 Å². The molecule has 0 aliphatic heterocycles. The van der Waals surface area contributed by atoms with E-state index in [-0.39, 0.29) is 5.91 Å². The minimum absolute atomic E-state index is 0.130. The lowest BCUT2D eigenvalue weighted by Gasteiger charge is -2.11. The summed E-state index contributed by atoms with van der Waals surface area (Å²) in [6.07, 6.45) is 7.66. The number of nitrogens with zero attached hydrogens (tertiary/aromatic N) is 2. The predicted molar refractivity (Wildman–Crippen MR) is 90.3 cm³/mol. The summed E-state index contributed by atoms with van der Waals surface area (Å²) in [5.41, 5.74) is 2.79. The van der Waals surface area contributed by atoms with Gasteiger partial charge in [0.05, 0.1) is 12.4 Å². The first-order chi connectivity index (χ1) is 11.2. The minimum atomic E-state index is -0.130. The van der Waals surface area contributed by atoms with Gasteiger partial charge in [-0.2, -0.15) is 0 Å². The molecule has 23 heavy (non-hydrogen) atoms. The zero-order chi connectivity index (χ0) is 16.1. The second-order valence-corrected chi connectivity index (χ2v) is 6.08. The van der Waals surface area contributed by atoms with Crippen LogP contribution in [0.1, 0.15) is 47.3 Å². The largest absolute Gasteiger partial charge is 0.365 e. The third-order valence-electron chi connectivity index (χ3n) is 4.13. The first-order valence-electron chi connectivity index (χ1n) is 8.13. The Hall–Kier alpha value is -2.43. The van der Waals surface area contributed by atoms with Crippen LogP contribution in [0.5, 0.6) is 0 Å². The number of hydrogen-bond acceptors (Lipinski definition) is 4. The van der Waals surface area contributed by atoms with Gasteiger partial charge in [0.15, 0.2) is 0 Å². The molecule has 0 spiro atoms. The number of carbonyl (C=O) groups is 1. The van der Waals surface area contributed by atoms with Crippen LogP contribution in [0.25, 0.3) is 0 Å². The second kappa shape index (κ2) is 7.22. The fourth-order valence-corrected chi connectivity index (χ4v) is 2.88. The Bertz CT molecular complexity index is 663. The lowest BCUT2D eigenvalue weighted by Crippen LogP contribution is -2.33. The maximum Gasteiger partial charge on any atom is 0.271 e. The summed E-state index contributed by atoms with van der Waals surface area (Å²) < 4.78 is 0. The average Bonchev–Trinajstić information content (AvgIpc) is 3.06. The molecule has 1 heterocycles. The van der Waals surface area contributed by atoms with E-state index in [1.54, 1.807) is 6.20 Å². The van der Waals surface area contributed by atoms with Crippen molar-refractivity contribution in [2.24, 2.45) is 0 Å². The van der Waals surface area contributed by atoms with Crippen LogP contribution in [0.2, 0.25) is 0 Å². The summed E-state index contributed by atoms with van der Waals surface area (Å²) in [4.78, 5) is 20.6. The van der Waals surface area contributed by atoms with Gasteiger partial charge >= 0.3 is 0 Å². The Morgan fingerprint density at radius 2 is 2.04 bits per heavy atom. The van der Waals surface area contributed by atoms with E-state index in [4.69, 9.17) is 0 Å². The van der Waals surface area contributed by atoms with E-state index in [0.29, 0.717) is 24.1 Å². The van der Waals surface area contributed by atoms with Gasteiger partial charge < -0.3 is 10.6 Å². The van der Waals surface area contributed by atoms with Crippen LogP contribution in [-0.4, -0.2) is 21.9 Å². The van der Waals surface area contributed by atoms with Gasteiger partial charge in [0.25, 0.3) is 5.91 Å². The molecule has 120 valence electrons. The zero-order valence-electron chi connectivity index (χ0n) is 13.4. The molecule has 1 aromatic heterocycles. The molecule has 1 aliphatic rings. The topological polar surface area (TPSA) is 66.9 Å². The minimum Gasteiger partial charge on any atom is -0.365 e. The van der Waals surface area contributed by atoms with Crippen LogP contribution in [0.4, 0.5) is 5.82 Å². The van der Waals surface area contributed by atoms with E-state index < -0.39 is 0 Å². The van der Waals surface area contributed by atoms with Crippen LogP contribution in [0, 0.1) is 6.92 Å². The van der Waals surface area contributed by atoms with E-state index in [1.165, 1.54) is 30.2 Å². The molecule has 0 saturated heterocycles. The summed E-state index contributed by atoms with van der Waals surface area (Å²) in [6.45, 7) is 2.75. The summed E-state index contributed by atoms with van der Waals surface area (Å²) in [5.74, 6) is 0.540. The van der Waals surface area contributed by atoms with Crippen molar-refractivity contribution in [3.8, 4) is 0 Å². The first kappa shape index (κ1) is 15.5. The lowest BCUT2D eigenvalue weighted by atomic mass is 10.1. The fourth-order valence-electron chi connectivity index (χ4n) is 2.88. The lowest BCUT2D eigenvalue weighted by molar-refractivity contribution is 0.0932. The summed E-state index contributed by atoms with van der Waals surface area (Å²) in [5, 5.41) is 6.24. The Labute approximate surface area is 136 Å². The summed E-state index contributed by atoms with van der Waals surface area (Å²) >= 11 is 0. The molecule has 0 bridgehead atoms. The zero-order valence-corrected chi connectivity index (χ0v) is 13.4. The van der Waals surface area contributed by atoms with E-state index in [9.17, 15) is 4.79 Å². The quantitative estimate of drug-likeness (QED) is 0.890. The molecule has 0 radical (unpaired) electrons. The van der Waals surface area contributed by atoms with Crippen LogP contribution in [0.3, 0.4) is 0 Å². The molecule has 0 unspecified atom stereocenters. The number of hydrogen-bond donors (Lipinski definition) is 2. The molecule has 1 amide bonds. The van der Waals surface area contributed by atoms with E-state index in [1.807, 2.05) is 6.07 Å². The van der Waals surface area contributed by atoms with Gasteiger partial charge in [-0.15, -0.1) is 0 Å². The SMILES string of the molecule is Cc1cccc(CNc2cnc(C(=O)NC3CCCC3)cn2)c1. The van der Waals surface area contributed by atoms with Gasteiger partial charge in [-0.05, 0) is 25.3 Å². The van der Waals surface area contributed by atoms with Gasteiger partial charge in [-0.25, -0.2) is 9.97 Å². The van der Waals surface area contributed by atoms with Gasteiger partial charge in [-0.1, -0.05) is 42.7 Å². The Balaban J connectivity index is 1.55. The average molecular weight is 310 g/mol. The molecular formula is C18H22N4O. The van der Waals surface area contributed by atoms with Crippen molar-refractivity contribution in [3.63, 3.8) is 0 Å². The van der Waals surface area contributed by atoms with Gasteiger partial charge in [0.1, 0.15) is 11.5 Å². The molecule has 1 aliphatic carbocycles. The number of aromatic nitrogens is 2. The highest BCUT2D eigenvalue weighted by molar-refractivity contribution is 5.92. The second-order valence-electron chi connectivity index (χ2n) is 6.08. The summed E-state index contributed by atoms with van der Waals surface area (Å²) in [7, 11) is 0. The molecule has 1 saturated carbocycles. The number of anilines is 1. The number of aryl methyl sites for hydroxylation is 1. The van der Waals surface area contributed by atoms with Crippen molar-refractivity contribution in [1.29, 1.82) is 0 Å². The van der Waals surface area contributed by atoms with Crippen LogP contribution in [0.15, 0.2) is 36.7 Å². The maximum atomic E-state index is 12.1. The highest BCUT2D eigenvalue weighted by Gasteiger charge is 2.18. The van der Waals surface area contributed by atoms with E-state index in [0.717, 1.165) is 12.8 Å². The first-order valence-corrected chi connectivity index (χ1v) is 8.13. The predicted octanol–water partition coefficient (Wildman–Crippen LogP) is 3.07. The monoisotopic (exact) mass is 310 g/mol. The molecular weight excluding hydrogens is 288 g/mol. The molecule has 3 rings (SSSR count). The number of benzene rings is 1.